The summed E-state index contributed by atoms with van der Waals surface area (Å²) >= 11 is 5.98. The van der Waals surface area contributed by atoms with Crippen LogP contribution in [-0.2, 0) is 16.0 Å². The number of hydrogen-bond donors (Lipinski definition) is 2. The summed E-state index contributed by atoms with van der Waals surface area (Å²) in [5.74, 6) is -1.01. The van der Waals surface area contributed by atoms with Crippen LogP contribution in [0.25, 0.3) is 0 Å². The summed E-state index contributed by atoms with van der Waals surface area (Å²) in [7, 11) is 0. The van der Waals surface area contributed by atoms with Crippen LogP contribution in [0.4, 0.5) is 10.1 Å². The van der Waals surface area contributed by atoms with E-state index in [1.54, 1.807) is 25.1 Å². The van der Waals surface area contributed by atoms with Gasteiger partial charge < -0.3 is 10.6 Å². The van der Waals surface area contributed by atoms with Gasteiger partial charge in [0.2, 0.25) is 11.8 Å². The lowest BCUT2D eigenvalue weighted by molar-refractivity contribution is -0.123. The van der Waals surface area contributed by atoms with E-state index < -0.39 is 0 Å². The fraction of sp³-hybridized carbons (Fsp3) is 0.176. The van der Waals surface area contributed by atoms with E-state index in [1.165, 1.54) is 24.3 Å². The van der Waals surface area contributed by atoms with Crippen molar-refractivity contribution in [2.45, 2.75) is 13.3 Å². The molecule has 2 rings (SSSR count). The van der Waals surface area contributed by atoms with E-state index in [2.05, 4.69) is 10.6 Å². The maximum atomic E-state index is 12.8. The van der Waals surface area contributed by atoms with Gasteiger partial charge in [-0.2, -0.15) is 0 Å². The fourth-order valence-electron chi connectivity index (χ4n) is 1.97. The molecule has 0 bridgehead atoms. The first-order chi connectivity index (χ1) is 11.0. The molecule has 0 spiro atoms. The molecule has 120 valence electrons. The molecule has 0 unspecified atom stereocenters. The molecule has 23 heavy (non-hydrogen) atoms. The Labute approximate surface area is 138 Å². The molecule has 2 aromatic carbocycles. The average Bonchev–Trinajstić information content (AvgIpc) is 2.52. The minimum Gasteiger partial charge on any atom is -0.347 e. The lowest BCUT2D eigenvalue weighted by atomic mass is 10.1. The molecule has 0 heterocycles. The quantitative estimate of drug-likeness (QED) is 0.882. The van der Waals surface area contributed by atoms with Crippen LogP contribution in [0.5, 0.6) is 0 Å². The molecule has 0 aliphatic heterocycles. The summed E-state index contributed by atoms with van der Waals surface area (Å²) in [5.41, 5.74) is 2.05. The van der Waals surface area contributed by atoms with E-state index >= 15 is 0 Å². The predicted molar refractivity (Wildman–Crippen MR) is 87.9 cm³/mol. The highest BCUT2D eigenvalue weighted by Crippen LogP contribution is 2.22. The van der Waals surface area contributed by atoms with Crippen LogP contribution >= 0.6 is 11.6 Å². The number of carbonyl (C=O) groups is 2. The second-order valence-corrected chi connectivity index (χ2v) is 5.45. The SMILES string of the molecule is Cc1c(Cl)cccc1NC(=O)CNC(=O)Cc1ccc(F)cc1. The van der Waals surface area contributed by atoms with Gasteiger partial charge in [0.25, 0.3) is 0 Å². The van der Waals surface area contributed by atoms with Crippen molar-refractivity contribution in [3.05, 3.63) is 64.4 Å². The monoisotopic (exact) mass is 334 g/mol. The summed E-state index contributed by atoms with van der Waals surface area (Å²) in [6, 6.07) is 10.8. The minimum absolute atomic E-state index is 0.0871. The molecule has 2 amide bonds. The van der Waals surface area contributed by atoms with Gasteiger partial charge in [-0.1, -0.05) is 29.8 Å². The molecular weight excluding hydrogens is 319 g/mol. The van der Waals surface area contributed by atoms with Crippen LogP contribution < -0.4 is 10.6 Å². The van der Waals surface area contributed by atoms with Crippen molar-refractivity contribution in [3.63, 3.8) is 0 Å². The van der Waals surface area contributed by atoms with Gasteiger partial charge in [0.1, 0.15) is 5.82 Å². The van der Waals surface area contributed by atoms with Crippen molar-refractivity contribution in [2.24, 2.45) is 0 Å². The highest BCUT2D eigenvalue weighted by molar-refractivity contribution is 6.31. The molecule has 0 aliphatic carbocycles. The maximum absolute atomic E-state index is 12.8. The van der Waals surface area contributed by atoms with Gasteiger partial charge in [0.05, 0.1) is 13.0 Å². The van der Waals surface area contributed by atoms with Crippen LogP contribution in [0.1, 0.15) is 11.1 Å². The molecule has 0 radical (unpaired) electrons. The Morgan fingerprint density at radius 2 is 1.78 bits per heavy atom. The third kappa shape index (κ3) is 5.07. The predicted octanol–water partition coefficient (Wildman–Crippen LogP) is 3.08. The van der Waals surface area contributed by atoms with Gasteiger partial charge >= 0.3 is 0 Å². The second kappa shape index (κ2) is 7.74. The van der Waals surface area contributed by atoms with Crippen molar-refractivity contribution >= 4 is 29.1 Å². The molecule has 0 fully saturated rings. The van der Waals surface area contributed by atoms with Gasteiger partial charge in [-0.15, -0.1) is 0 Å². The molecule has 0 saturated carbocycles. The summed E-state index contributed by atoms with van der Waals surface area (Å²) < 4.78 is 12.8. The van der Waals surface area contributed by atoms with Gasteiger partial charge in [-0.05, 0) is 42.3 Å². The summed E-state index contributed by atoms with van der Waals surface area (Å²) in [6.45, 7) is 1.65. The molecule has 0 saturated heterocycles. The van der Waals surface area contributed by atoms with Crippen LogP contribution in [0.2, 0.25) is 5.02 Å². The van der Waals surface area contributed by atoms with Crippen molar-refractivity contribution in [2.75, 3.05) is 11.9 Å². The number of anilines is 1. The first-order valence-corrected chi connectivity index (χ1v) is 7.39. The fourth-order valence-corrected chi connectivity index (χ4v) is 2.14. The van der Waals surface area contributed by atoms with E-state index in [0.717, 1.165) is 5.56 Å². The van der Waals surface area contributed by atoms with Crippen molar-refractivity contribution < 1.29 is 14.0 Å². The Bertz CT molecular complexity index is 717. The van der Waals surface area contributed by atoms with Crippen LogP contribution in [0.15, 0.2) is 42.5 Å². The molecule has 4 nitrogen and oxygen atoms in total. The third-order valence-corrected chi connectivity index (χ3v) is 3.68. The van der Waals surface area contributed by atoms with Crippen LogP contribution in [0.3, 0.4) is 0 Å². The van der Waals surface area contributed by atoms with E-state index in [4.69, 9.17) is 11.6 Å². The lowest BCUT2D eigenvalue weighted by Gasteiger charge is -2.10. The maximum Gasteiger partial charge on any atom is 0.243 e. The van der Waals surface area contributed by atoms with Gasteiger partial charge in [0.15, 0.2) is 0 Å². The molecular formula is C17H16ClFN2O2. The summed E-state index contributed by atoms with van der Waals surface area (Å²) in [6.07, 6.45) is 0.0871. The van der Waals surface area contributed by atoms with Gasteiger partial charge in [0, 0.05) is 10.7 Å². The van der Waals surface area contributed by atoms with E-state index in [0.29, 0.717) is 16.3 Å². The second-order valence-electron chi connectivity index (χ2n) is 5.04. The van der Waals surface area contributed by atoms with Gasteiger partial charge in [-0.25, -0.2) is 4.39 Å². The zero-order chi connectivity index (χ0) is 16.8. The van der Waals surface area contributed by atoms with Crippen molar-refractivity contribution in [1.82, 2.24) is 5.32 Å². The average molecular weight is 335 g/mol. The largest absolute Gasteiger partial charge is 0.347 e. The van der Waals surface area contributed by atoms with E-state index in [-0.39, 0.29) is 30.6 Å². The zero-order valence-corrected chi connectivity index (χ0v) is 13.3. The number of carbonyl (C=O) groups excluding carboxylic acids is 2. The standard InChI is InChI=1S/C17H16ClFN2O2/c1-11-14(18)3-2-4-15(11)21-17(23)10-20-16(22)9-12-5-7-13(19)8-6-12/h2-8H,9-10H2,1H3,(H,20,22)(H,21,23). The molecule has 0 aliphatic rings. The number of amides is 2. The molecule has 6 heteroatoms. The lowest BCUT2D eigenvalue weighted by Crippen LogP contribution is -2.33. The van der Waals surface area contributed by atoms with Crippen molar-refractivity contribution in [3.8, 4) is 0 Å². The first kappa shape index (κ1) is 17.0. The zero-order valence-electron chi connectivity index (χ0n) is 12.5. The van der Waals surface area contributed by atoms with Gasteiger partial charge in [-0.3, -0.25) is 9.59 Å². The number of nitrogens with one attached hydrogen (secondary N) is 2. The Morgan fingerprint density at radius 1 is 1.09 bits per heavy atom. The molecule has 2 N–H and O–H groups in total. The molecule has 0 aromatic heterocycles. The number of rotatable bonds is 5. The Kier molecular flexibility index (Phi) is 5.71. The third-order valence-electron chi connectivity index (χ3n) is 3.27. The smallest absolute Gasteiger partial charge is 0.243 e. The Balaban J connectivity index is 1.83. The first-order valence-electron chi connectivity index (χ1n) is 7.02. The van der Waals surface area contributed by atoms with Crippen LogP contribution in [-0.4, -0.2) is 18.4 Å². The minimum atomic E-state index is -0.356. The van der Waals surface area contributed by atoms with E-state index in [1.807, 2.05) is 0 Å². The topological polar surface area (TPSA) is 58.2 Å². The highest BCUT2D eigenvalue weighted by atomic mass is 35.5. The Morgan fingerprint density at radius 3 is 2.48 bits per heavy atom. The van der Waals surface area contributed by atoms with Crippen molar-refractivity contribution in [1.29, 1.82) is 0 Å². The number of halogens is 2. The number of benzene rings is 2. The number of hydrogen-bond acceptors (Lipinski definition) is 2. The van der Waals surface area contributed by atoms with Crippen LogP contribution in [0, 0.1) is 12.7 Å². The normalized spacial score (nSPS) is 10.2. The molecule has 2 aromatic rings. The summed E-state index contributed by atoms with van der Waals surface area (Å²) in [5, 5.41) is 5.77. The summed E-state index contributed by atoms with van der Waals surface area (Å²) in [4.78, 5) is 23.6. The molecule has 0 atom stereocenters. The van der Waals surface area contributed by atoms with E-state index in [9.17, 15) is 14.0 Å². The highest BCUT2D eigenvalue weighted by Gasteiger charge is 2.09. The Hall–Kier alpha value is -2.40.